The molecule has 1 N–H and O–H groups in total. The molecule has 0 spiro atoms. The van der Waals surface area contributed by atoms with Crippen molar-refractivity contribution in [3.8, 4) is 5.75 Å². The zero-order valence-corrected chi connectivity index (χ0v) is 14.5. The lowest BCUT2D eigenvalue weighted by Gasteiger charge is -2.09. The summed E-state index contributed by atoms with van der Waals surface area (Å²) in [5.41, 5.74) is 5.27. The predicted octanol–water partition coefficient (Wildman–Crippen LogP) is 3.41. The van der Waals surface area contributed by atoms with Gasteiger partial charge >= 0.3 is 0 Å². The van der Waals surface area contributed by atoms with Crippen LogP contribution in [0.5, 0.6) is 5.75 Å². The van der Waals surface area contributed by atoms with Gasteiger partial charge in [0.1, 0.15) is 5.75 Å². The molecule has 0 fully saturated rings. The molecule has 0 aliphatic carbocycles. The van der Waals surface area contributed by atoms with Gasteiger partial charge in [-0.05, 0) is 54.8 Å². The van der Waals surface area contributed by atoms with Gasteiger partial charge in [0, 0.05) is 18.3 Å². The monoisotopic (exact) mass is 353 g/mol. The predicted molar refractivity (Wildman–Crippen MR) is 100 cm³/mol. The third-order valence-electron chi connectivity index (χ3n) is 3.66. The van der Waals surface area contributed by atoms with E-state index in [2.05, 4.69) is 10.5 Å². The van der Waals surface area contributed by atoms with Gasteiger partial charge in [0.15, 0.2) is 6.61 Å². The molecule has 2 aromatic rings. The smallest absolute Gasteiger partial charge is 0.277 e. The van der Waals surface area contributed by atoms with E-state index in [1.54, 1.807) is 24.3 Å². The summed E-state index contributed by atoms with van der Waals surface area (Å²) in [5, 5.41) is 14.4. The van der Waals surface area contributed by atoms with E-state index in [1.807, 2.05) is 32.0 Å². The highest BCUT2D eigenvalue weighted by Gasteiger charge is 2.05. The molecule has 7 heteroatoms. The maximum atomic E-state index is 11.7. The fourth-order valence-corrected chi connectivity index (χ4v) is 2.07. The fourth-order valence-electron chi connectivity index (χ4n) is 2.07. The van der Waals surface area contributed by atoms with Gasteiger partial charge in [-0.2, -0.15) is 5.10 Å². The minimum atomic E-state index is -0.454. The summed E-state index contributed by atoms with van der Waals surface area (Å²) < 4.78 is 5.48. The van der Waals surface area contributed by atoms with Gasteiger partial charge in [0.25, 0.3) is 11.6 Å². The van der Waals surface area contributed by atoms with Crippen LogP contribution in [0.3, 0.4) is 0 Å². The Labute approximate surface area is 151 Å². The minimum absolute atomic E-state index is 0.0342. The lowest BCUT2D eigenvalue weighted by Crippen LogP contribution is -2.24. The summed E-state index contributed by atoms with van der Waals surface area (Å²) in [7, 11) is 0. The van der Waals surface area contributed by atoms with E-state index in [0.29, 0.717) is 5.75 Å². The Kier molecular flexibility index (Phi) is 6.61. The van der Waals surface area contributed by atoms with Crippen molar-refractivity contribution in [3.05, 3.63) is 75.3 Å². The van der Waals surface area contributed by atoms with Crippen molar-refractivity contribution in [1.29, 1.82) is 0 Å². The van der Waals surface area contributed by atoms with E-state index >= 15 is 0 Å². The zero-order chi connectivity index (χ0) is 18.9. The normalized spacial score (nSPS) is 11.0. The van der Waals surface area contributed by atoms with Crippen LogP contribution in [-0.2, 0) is 4.79 Å². The van der Waals surface area contributed by atoms with Crippen molar-refractivity contribution >= 4 is 23.9 Å². The van der Waals surface area contributed by atoms with Crippen LogP contribution in [0.2, 0.25) is 0 Å². The number of nitro groups is 1. The molecule has 2 rings (SSSR count). The molecule has 26 heavy (non-hydrogen) atoms. The fraction of sp³-hybridized carbons (Fsp3) is 0.158. The summed E-state index contributed by atoms with van der Waals surface area (Å²) in [5.74, 6) is 0.299. The van der Waals surface area contributed by atoms with E-state index in [-0.39, 0.29) is 18.2 Å². The van der Waals surface area contributed by atoms with Gasteiger partial charge in [0.2, 0.25) is 0 Å². The molecule has 0 saturated heterocycles. The summed E-state index contributed by atoms with van der Waals surface area (Å²) >= 11 is 0. The van der Waals surface area contributed by atoms with Crippen LogP contribution in [0, 0.1) is 24.0 Å². The number of amides is 1. The van der Waals surface area contributed by atoms with Crippen LogP contribution >= 0.6 is 0 Å². The Morgan fingerprint density at radius 1 is 1.23 bits per heavy atom. The number of nitrogens with one attached hydrogen (secondary N) is 1. The third kappa shape index (κ3) is 5.55. The van der Waals surface area contributed by atoms with Crippen LogP contribution < -0.4 is 10.2 Å². The van der Waals surface area contributed by atoms with Gasteiger partial charge in [-0.15, -0.1) is 0 Å². The highest BCUT2D eigenvalue weighted by Crippen LogP contribution is 2.20. The topological polar surface area (TPSA) is 93.8 Å². The second-order valence-electron chi connectivity index (χ2n) is 5.51. The number of carbonyl (C=O) groups is 1. The van der Waals surface area contributed by atoms with E-state index in [0.717, 1.165) is 16.7 Å². The Morgan fingerprint density at radius 2 is 1.96 bits per heavy atom. The number of rotatable bonds is 7. The van der Waals surface area contributed by atoms with Crippen molar-refractivity contribution in [2.75, 3.05) is 6.61 Å². The third-order valence-corrected chi connectivity index (χ3v) is 3.66. The number of hydrogen-bond donors (Lipinski definition) is 1. The first-order chi connectivity index (χ1) is 12.5. The summed E-state index contributed by atoms with van der Waals surface area (Å²) in [6.07, 6.45) is 4.75. The van der Waals surface area contributed by atoms with Crippen LogP contribution in [-0.4, -0.2) is 23.7 Å². The zero-order valence-electron chi connectivity index (χ0n) is 14.5. The van der Waals surface area contributed by atoms with E-state index in [4.69, 9.17) is 4.74 Å². The molecule has 1 amide bonds. The SMILES string of the molecule is Cc1cccc(OCC(=O)NN=CC=Cc2ccc([N+](=O)[O-])cc2)c1C. The Bertz CT molecular complexity index is 842. The molecule has 0 bridgehead atoms. The number of aryl methyl sites for hydroxylation is 1. The summed E-state index contributed by atoms with van der Waals surface area (Å²) in [6.45, 7) is 3.78. The molecule has 7 nitrogen and oxygen atoms in total. The average molecular weight is 353 g/mol. The van der Waals surface area contributed by atoms with Gasteiger partial charge in [-0.25, -0.2) is 5.43 Å². The van der Waals surface area contributed by atoms with Crippen molar-refractivity contribution in [2.24, 2.45) is 5.10 Å². The minimum Gasteiger partial charge on any atom is -0.483 e. The average Bonchev–Trinajstić information content (AvgIpc) is 2.63. The van der Waals surface area contributed by atoms with Crippen LogP contribution in [0.1, 0.15) is 16.7 Å². The first kappa shape index (κ1) is 18.9. The van der Waals surface area contributed by atoms with E-state index < -0.39 is 4.92 Å². The molecule has 0 aliphatic rings. The second kappa shape index (κ2) is 9.12. The Morgan fingerprint density at radius 3 is 2.65 bits per heavy atom. The van der Waals surface area contributed by atoms with Crippen LogP contribution in [0.25, 0.3) is 6.08 Å². The number of carbonyl (C=O) groups excluding carboxylic acids is 1. The quantitative estimate of drug-likeness (QED) is 0.469. The first-order valence-electron chi connectivity index (χ1n) is 7.89. The molecule has 0 heterocycles. The van der Waals surface area contributed by atoms with E-state index in [1.165, 1.54) is 18.3 Å². The molecule has 0 atom stereocenters. The summed E-state index contributed by atoms with van der Waals surface area (Å²) in [6, 6.07) is 11.7. The number of hydrogen-bond acceptors (Lipinski definition) is 5. The number of non-ortho nitro benzene ring substituents is 1. The highest BCUT2D eigenvalue weighted by atomic mass is 16.6. The molecular formula is C19H19N3O4. The lowest BCUT2D eigenvalue weighted by molar-refractivity contribution is -0.384. The van der Waals surface area contributed by atoms with Crippen LogP contribution in [0.15, 0.2) is 53.6 Å². The largest absolute Gasteiger partial charge is 0.483 e. The molecule has 0 radical (unpaired) electrons. The lowest BCUT2D eigenvalue weighted by atomic mass is 10.1. The molecular weight excluding hydrogens is 334 g/mol. The molecule has 134 valence electrons. The van der Waals surface area contributed by atoms with Crippen molar-refractivity contribution in [3.63, 3.8) is 0 Å². The molecule has 2 aromatic carbocycles. The van der Waals surface area contributed by atoms with Crippen molar-refractivity contribution < 1.29 is 14.5 Å². The Balaban J connectivity index is 1.77. The molecule has 0 saturated carbocycles. The first-order valence-corrected chi connectivity index (χ1v) is 7.89. The van der Waals surface area contributed by atoms with E-state index in [9.17, 15) is 14.9 Å². The van der Waals surface area contributed by atoms with Crippen molar-refractivity contribution in [2.45, 2.75) is 13.8 Å². The molecule has 0 aromatic heterocycles. The van der Waals surface area contributed by atoms with Crippen LogP contribution in [0.4, 0.5) is 5.69 Å². The van der Waals surface area contributed by atoms with Crippen molar-refractivity contribution in [1.82, 2.24) is 5.43 Å². The van der Waals surface area contributed by atoms with Gasteiger partial charge in [-0.3, -0.25) is 14.9 Å². The molecule has 0 aliphatic heterocycles. The van der Waals surface area contributed by atoms with Gasteiger partial charge in [0.05, 0.1) is 4.92 Å². The Hall–Kier alpha value is -3.48. The molecule has 0 unspecified atom stereocenters. The maximum Gasteiger partial charge on any atom is 0.277 e. The number of benzene rings is 2. The second-order valence-corrected chi connectivity index (χ2v) is 5.51. The number of allylic oxidation sites excluding steroid dienone is 1. The highest BCUT2D eigenvalue weighted by molar-refractivity contribution is 5.82. The number of nitro benzene ring substituents is 1. The standard InChI is InChI=1S/C19H19N3O4/c1-14-5-3-7-18(15(14)2)26-13-19(23)21-20-12-4-6-16-8-10-17(11-9-16)22(24)25/h3-12H,13H2,1-2H3,(H,21,23). The van der Waals surface area contributed by atoms with Gasteiger partial charge in [-0.1, -0.05) is 18.2 Å². The summed E-state index contributed by atoms with van der Waals surface area (Å²) in [4.78, 5) is 21.8. The number of hydrazone groups is 1. The number of nitrogens with zero attached hydrogens (tertiary/aromatic N) is 2. The number of ether oxygens (including phenoxy) is 1. The maximum absolute atomic E-state index is 11.7. The van der Waals surface area contributed by atoms with Gasteiger partial charge < -0.3 is 4.74 Å².